The zero-order valence-electron chi connectivity index (χ0n) is 18.6. The highest BCUT2D eigenvalue weighted by Crippen LogP contribution is 2.35. The molecule has 0 fully saturated rings. The van der Waals surface area contributed by atoms with Crippen LogP contribution in [0.2, 0.25) is 5.02 Å². The van der Waals surface area contributed by atoms with E-state index in [1.54, 1.807) is 0 Å². The quantitative estimate of drug-likeness (QED) is 0.152. The van der Waals surface area contributed by atoms with Crippen LogP contribution in [0.3, 0.4) is 0 Å². The highest BCUT2D eigenvalue weighted by molar-refractivity contribution is 7.46. The van der Waals surface area contributed by atoms with Crippen molar-refractivity contribution in [2.75, 3.05) is 6.61 Å². The number of benzene rings is 1. The van der Waals surface area contributed by atoms with Crippen LogP contribution in [0.5, 0.6) is 0 Å². The lowest BCUT2D eigenvalue weighted by Crippen LogP contribution is -1.92. The van der Waals surface area contributed by atoms with Gasteiger partial charge in [0.2, 0.25) is 0 Å². The summed E-state index contributed by atoms with van der Waals surface area (Å²) in [6.45, 7) is 0.160. The second-order valence-corrected chi connectivity index (χ2v) is 9.97. The maximum atomic E-state index is 10.5. The molecule has 1 aromatic rings. The van der Waals surface area contributed by atoms with Gasteiger partial charge in [-0.3, -0.25) is 4.52 Å². The van der Waals surface area contributed by atoms with E-state index >= 15 is 0 Å². The molecule has 0 spiro atoms. The lowest BCUT2D eigenvalue weighted by atomic mass is 10.0. The molecule has 0 saturated carbocycles. The molecule has 0 aliphatic rings. The molecule has 1 aromatic carbocycles. The van der Waals surface area contributed by atoms with Crippen LogP contribution in [0, 0.1) is 0 Å². The van der Waals surface area contributed by atoms with Gasteiger partial charge in [0, 0.05) is 5.02 Å². The molecule has 0 amide bonds. The van der Waals surface area contributed by atoms with E-state index < -0.39 is 7.82 Å². The van der Waals surface area contributed by atoms with Crippen molar-refractivity contribution in [1.29, 1.82) is 0 Å². The van der Waals surface area contributed by atoms with Crippen LogP contribution in [-0.4, -0.2) is 16.4 Å². The summed E-state index contributed by atoms with van der Waals surface area (Å²) < 4.78 is 15.0. The number of hydrogen-bond donors (Lipinski definition) is 2. The first-order valence-electron chi connectivity index (χ1n) is 11.9. The van der Waals surface area contributed by atoms with Gasteiger partial charge in [-0.25, -0.2) is 4.57 Å². The predicted molar refractivity (Wildman–Crippen MR) is 127 cm³/mol. The Morgan fingerprint density at radius 3 is 1.50 bits per heavy atom. The van der Waals surface area contributed by atoms with Crippen molar-refractivity contribution in [3.8, 4) is 0 Å². The molecule has 0 aliphatic carbocycles. The van der Waals surface area contributed by atoms with Gasteiger partial charge in [0.05, 0.1) is 6.61 Å². The van der Waals surface area contributed by atoms with Gasteiger partial charge in [-0.15, -0.1) is 0 Å². The normalized spacial score (nSPS) is 11.8. The molecule has 2 N–H and O–H groups in total. The van der Waals surface area contributed by atoms with E-state index in [1.807, 2.05) is 12.1 Å². The first-order chi connectivity index (χ1) is 14.5. The van der Waals surface area contributed by atoms with Crippen molar-refractivity contribution in [3.05, 3.63) is 34.9 Å². The van der Waals surface area contributed by atoms with Crippen molar-refractivity contribution >= 4 is 19.4 Å². The fourth-order valence-electron chi connectivity index (χ4n) is 3.78. The van der Waals surface area contributed by atoms with Gasteiger partial charge in [0.25, 0.3) is 0 Å². The molecule has 174 valence electrons. The third kappa shape index (κ3) is 17.3. The Bertz CT molecular complexity index is 576. The van der Waals surface area contributed by atoms with Gasteiger partial charge in [-0.05, 0) is 30.9 Å². The Balaban J connectivity index is 1.73. The summed E-state index contributed by atoms with van der Waals surface area (Å²) in [4.78, 5) is 17.2. The highest BCUT2D eigenvalue weighted by Gasteiger charge is 2.12. The summed E-state index contributed by atoms with van der Waals surface area (Å²) in [5.74, 6) is 0. The number of phosphoric ester groups is 1. The second kappa shape index (κ2) is 18.2. The Morgan fingerprint density at radius 1 is 0.667 bits per heavy atom. The largest absolute Gasteiger partial charge is 0.469 e. The topological polar surface area (TPSA) is 66.8 Å². The molecule has 0 saturated heterocycles. The van der Waals surface area contributed by atoms with Crippen LogP contribution in [0.15, 0.2) is 24.3 Å². The number of aryl methyl sites for hydroxylation is 1. The van der Waals surface area contributed by atoms with Crippen molar-refractivity contribution in [3.63, 3.8) is 0 Å². The summed E-state index contributed by atoms with van der Waals surface area (Å²) in [6.07, 6.45) is 21.2. The third-order valence-electron chi connectivity index (χ3n) is 5.56. The summed E-state index contributed by atoms with van der Waals surface area (Å²) in [5, 5.41) is 0.906. The summed E-state index contributed by atoms with van der Waals surface area (Å²) >= 11 is 6.19. The van der Waals surface area contributed by atoms with Gasteiger partial charge in [0.15, 0.2) is 0 Å². The van der Waals surface area contributed by atoms with Gasteiger partial charge in [0.1, 0.15) is 0 Å². The third-order valence-corrected chi connectivity index (χ3v) is 6.45. The molecule has 0 bridgehead atoms. The minimum Gasteiger partial charge on any atom is -0.303 e. The number of rotatable bonds is 20. The fraction of sp³-hybridized carbons (Fsp3) is 0.750. The zero-order valence-corrected chi connectivity index (χ0v) is 20.2. The van der Waals surface area contributed by atoms with Crippen LogP contribution in [0.4, 0.5) is 0 Å². The molecule has 30 heavy (non-hydrogen) atoms. The molecule has 1 rings (SSSR count). The van der Waals surface area contributed by atoms with E-state index in [9.17, 15) is 4.57 Å². The number of halogens is 1. The van der Waals surface area contributed by atoms with Gasteiger partial charge in [-0.1, -0.05) is 120 Å². The molecule has 0 atom stereocenters. The van der Waals surface area contributed by atoms with Crippen molar-refractivity contribution in [2.24, 2.45) is 0 Å². The van der Waals surface area contributed by atoms with Crippen LogP contribution in [0.1, 0.15) is 108 Å². The molecule has 0 unspecified atom stereocenters. The lowest BCUT2D eigenvalue weighted by Gasteiger charge is -2.05. The first kappa shape index (κ1) is 27.7. The molecule has 6 heteroatoms. The van der Waals surface area contributed by atoms with Crippen LogP contribution < -0.4 is 0 Å². The molecule has 0 aromatic heterocycles. The highest BCUT2D eigenvalue weighted by atomic mass is 35.5. The molecule has 0 aliphatic heterocycles. The number of hydrogen-bond acceptors (Lipinski definition) is 2. The van der Waals surface area contributed by atoms with Crippen molar-refractivity contribution < 1.29 is 18.9 Å². The molecular formula is C24H42ClO4P. The van der Waals surface area contributed by atoms with E-state index in [1.165, 1.54) is 89.0 Å². The van der Waals surface area contributed by atoms with Crippen LogP contribution >= 0.6 is 19.4 Å². The lowest BCUT2D eigenvalue weighted by molar-refractivity contribution is 0.193. The van der Waals surface area contributed by atoms with Gasteiger partial charge >= 0.3 is 7.82 Å². The number of unbranched alkanes of at least 4 members (excludes halogenated alkanes) is 15. The predicted octanol–water partition coefficient (Wildman–Crippen LogP) is 8.23. The zero-order chi connectivity index (χ0) is 21.9. The van der Waals surface area contributed by atoms with Crippen LogP contribution in [-0.2, 0) is 15.5 Å². The maximum Gasteiger partial charge on any atom is 0.469 e. The first-order valence-corrected chi connectivity index (χ1v) is 13.8. The minimum absolute atomic E-state index is 0.160. The average Bonchev–Trinajstić information content (AvgIpc) is 2.70. The maximum absolute atomic E-state index is 10.5. The molecule has 0 radical (unpaired) electrons. The Kier molecular flexibility index (Phi) is 16.8. The SMILES string of the molecule is O=P(O)(O)OCCCCCCCCCCCCCCCCCCc1ccccc1Cl. The van der Waals surface area contributed by atoms with E-state index in [0.29, 0.717) is 0 Å². The summed E-state index contributed by atoms with van der Waals surface area (Å²) in [7, 11) is -4.27. The van der Waals surface area contributed by atoms with Crippen molar-refractivity contribution in [1.82, 2.24) is 0 Å². The standard InChI is InChI=1S/C24H42ClO4P/c25-24-21-17-16-20-23(24)19-15-13-11-9-7-5-3-1-2-4-6-8-10-12-14-18-22-29-30(26,27)28/h16-17,20-21H,1-15,18-19,22H2,(H2,26,27,28). The fourth-order valence-corrected chi connectivity index (χ4v) is 4.37. The van der Waals surface area contributed by atoms with Crippen molar-refractivity contribution in [2.45, 2.75) is 109 Å². The minimum atomic E-state index is -4.27. The average molecular weight is 461 g/mol. The molecule has 4 nitrogen and oxygen atoms in total. The van der Waals surface area contributed by atoms with E-state index in [0.717, 1.165) is 30.7 Å². The van der Waals surface area contributed by atoms with Gasteiger partial charge < -0.3 is 9.79 Å². The van der Waals surface area contributed by atoms with E-state index in [-0.39, 0.29) is 6.61 Å². The van der Waals surface area contributed by atoms with Gasteiger partial charge in [-0.2, -0.15) is 0 Å². The Labute approximate surface area is 189 Å². The summed E-state index contributed by atoms with van der Waals surface area (Å²) in [5.41, 5.74) is 1.28. The van der Waals surface area contributed by atoms with E-state index in [2.05, 4.69) is 16.7 Å². The molecular weight excluding hydrogens is 419 g/mol. The number of phosphoric acid groups is 1. The smallest absolute Gasteiger partial charge is 0.303 e. The van der Waals surface area contributed by atoms with E-state index in [4.69, 9.17) is 21.4 Å². The summed E-state index contributed by atoms with van der Waals surface area (Å²) in [6, 6.07) is 8.18. The molecule has 0 heterocycles. The second-order valence-electron chi connectivity index (χ2n) is 8.32. The monoisotopic (exact) mass is 460 g/mol. The Hall–Kier alpha value is -0.380. The Morgan fingerprint density at radius 2 is 1.07 bits per heavy atom. The van der Waals surface area contributed by atoms with Crippen LogP contribution in [0.25, 0.3) is 0 Å².